The Morgan fingerprint density at radius 3 is 2.33 bits per heavy atom. The Morgan fingerprint density at radius 2 is 1.83 bits per heavy atom. The minimum Gasteiger partial charge on any atom is -0.488 e. The van der Waals surface area contributed by atoms with Gasteiger partial charge in [0.15, 0.2) is 0 Å². The molecule has 1 unspecified atom stereocenters. The fraction of sp³-hybridized carbons (Fsp3) is 0.571. The van der Waals surface area contributed by atoms with Gasteiger partial charge in [-0.2, -0.15) is 0 Å². The van der Waals surface area contributed by atoms with Gasteiger partial charge in [-0.1, -0.05) is 26.0 Å². The lowest BCUT2D eigenvalue weighted by Crippen LogP contribution is -2.21. The zero-order chi connectivity index (χ0) is 13.4. The van der Waals surface area contributed by atoms with Crippen molar-refractivity contribution in [3.8, 4) is 5.75 Å². The van der Waals surface area contributed by atoms with Crippen LogP contribution in [-0.4, -0.2) is 19.6 Å². The molecule has 102 valence electrons. The molecule has 1 atom stereocenters. The topological polar surface area (TPSA) is 21.3 Å². The number of ether oxygens (including phenoxy) is 1. The van der Waals surface area contributed by atoms with E-state index in [1.807, 2.05) is 12.1 Å². The average Bonchev–Trinajstić information content (AvgIpc) is 2.38. The fourth-order valence-corrected chi connectivity index (χ4v) is 1.77. The molecule has 0 bridgehead atoms. The molecule has 0 amide bonds. The highest BCUT2D eigenvalue weighted by Crippen LogP contribution is 2.20. The molecule has 0 heterocycles. The summed E-state index contributed by atoms with van der Waals surface area (Å²) in [6.07, 6.45) is -0.345. The zero-order valence-corrected chi connectivity index (χ0v) is 11.0. The molecule has 0 aromatic heterocycles. The van der Waals surface area contributed by atoms with Gasteiger partial charge in [0.25, 0.3) is 6.43 Å². The third-order valence-corrected chi connectivity index (χ3v) is 2.71. The molecular weight excluding hydrogens is 236 g/mol. The number of benzene rings is 1. The van der Waals surface area contributed by atoms with Crippen molar-refractivity contribution in [3.63, 3.8) is 0 Å². The predicted molar refractivity (Wildman–Crippen MR) is 69.3 cm³/mol. The number of halogens is 2. The number of nitrogens with one attached hydrogen (secondary N) is 1. The first-order valence-corrected chi connectivity index (χ1v) is 6.41. The smallest absolute Gasteiger partial charge is 0.272 e. The summed E-state index contributed by atoms with van der Waals surface area (Å²) >= 11 is 0. The van der Waals surface area contributed by atoms with E-state index in [9.17, 15) is 8.78 Å². The second-order valence-corrected chi connectivity index (χ2v) is 4.19. The summed E-state index contributed by atoms with van der Waals surface area (Å²) < 4.78 is 28.9. The van der Waals surface area contributed by atoms with Crippen LogP contribution in [0.3, 0.4) is 0 Å². The van der Waals surface area contributed by atoms with E-state index < -0.39 is 13.0 Å². The molecule has 0 radical (unpaired) electrons. The second-order valence-electron chi connectivity index (χ2n) is 4.19. The van der Waals surface area contributed by atoms with Crippen molar-refractivity contribution < 1.29 is 13.5 Å². The Kier molecular flexibility index (Phi) is 6.65. The molecule has 18 heavy (non-hydrogen) atoms. The van der Waals surface area contributed by atoms with Crippen LogP contribution in [0.1, 0.15) is 38.3 Å². The van der Waals surface area contributed by atoms with Gasteiger partial charge in [0.2, 0.25) is 0 Å². The summed E-state index contributed by atoms with van der Waals surface area (Å²) in [5.41, 5.74) is 1.16. The summed E-state index contributed by atoms with van der Waals surface area (Å²) in [5.74, 6) is 0.490. The fourth-order valence-electron chi connectivity index (χ4n) is 1.77. The van der Waals surface area contributed by atoms with Gasteiger partial charge in [0, 0.05) is 6.04 Å². The maximum absolute atomic E-state index is 12.0. The molecule has 1 rings (SSSR count). The first-order chi connectivity index (χ1) is 8.67. The Morgan fingerprint density at radius 1 is 1.17 bits per heavy atom. The van der Waals surface area contributed by atoms with Crippen molar-refractivity contribution in [2.45, 2.75) is 39.2 Å². The van der Waals surface area contributed by atoms with Crippen LogP contribution in [0, 0.1) is 0 Å². The van der Waals surface area contributed by atoms with Crippen LogP contribution in [0.2, 0.25) is 0 Å². The quantitative estimate of drug-likeness (QED) is 0.765. The van der Waals surface area contributed by atoms with E-state index in [0.29, 0.717) is 11.8 Å². The van der Waals surface area contributed by atoms with Crippen LogP contribution in [-0.2, 0) is 0 Å². The molecular formula is C14H21F2NO. The number of rotatable bonds is 8. The van der Waals surface area contributed by atoms with Crippen molar-refractivity contribution in [1.82, 2.24) is 5.32 Å². The highest BCUT2D eigenvalue weighted by atomic mass is 19.3. The summed E-state index contributed by atoms with van der Waals surface area (Å²) in [4.78, 5) is 0. The first kappa shape index (κ1) is 14.9. The normalized spacial score (nSPS) is 12.7. The average molecular weight is 257 g/mol. The van der Waals surface area contributed by atoms with E-state index >= 15 is 0 Å². The standard InChI is InChI=1S/C14H21F2NO/c1-3-9-17-13(4-2)11-5-7-12(8-6-11)18-10-14(15)16/h5-8,13-14,17H,3-4,9-10H2,1-2H3. The third-order valence-electron chi connectivity index (χ3n) is 2.71. The van der Waals surface area contributed by atoms with Crippen LogP contribution in [0.15, 0.2) is 24.3 Å². The number of hydrogen-bond acceptors (Lipinski definition) is 2. The van der Waals surface area contributed by atoms with Gasteiger partial charge in [-0.15, -0.1) is 0 Å². The van der Waals surface area contributed by atoms with Crippen molar-refractivity contribution in [2.75, 3.05) is 13.2 Å². The highest BCUT2D eigenvalue weighted by molar-refractivity contribution is 5.29. The molecule has 1 aromatic rings. The highest BCUT2D eigenvalue weighted by Gasteiger charge is 2.08. The molecule has 0 spiro atoms. The molecule has 1 aromatic carbocycles. The van der Waals surface area contributed by atoms with Crippen molar-refractivity contribution in [2.24, 2.45) is 0 Å². The second kappa shape index (κ2) is 8.03. The number of hydrogen-bond donors (Lipinski definition) is 1. The zero-order valence-electron chi connectivity index (χ0n) is 11.0. The Labute approximate surface area is 107 Å². The maximum atomic E-state index is 12.0. The molecule has 1 N–H and O–H groups in total. The van der Waals surface area contributed by atoms with E-state index in [1.54, 1.807) is 12.1 Å². The summed E-state index contributed by atoms with van der Waals surface area (Å²) in [6.45, 7) is 4.67. The monoisotopic (exact) mass is 257 g/mol. The molecule has 0 saturated carbocycles. The van der Waals surface area contributed by atoms with Crippen molar-refractivity contribution in [1.29, 1.82) is 0 Å². The summed E-state index contributed by atoms with van der Waals surface area (Å²) in [5, 5.41) is 3.44. The third kappa shape index (κ3) is 5.00. The van der Waals surface area contributed by atoms with Crippen molar-refractivity contribution >= 4 is 0 Å². The molecule has 0 aliphatic heterocycles. The van der Waals surface area contributed by atoms with Gasteiger partial charge in [-0.25, -0.2) is 8.78 Å². The van der Waals surface area contributed by atoms with Crippen molar-refractivity contribution in [3.05, 3.63) is 29.8 Å². The van der Waals surface area contributed by atoms with E-state index in [2.05, 4.69) is 19.2 Å². The van der Waals surface area contributed by atoms with E-state index in [0.717, 1.165) is 24.9 Å². The Balaban J connectivity index is 2.57. The molecule has 0 aliphatic carbocycles. The van der Waals surface area contributed by atoms with Gasteiger partial charge >= 0.3 is 0 Å². The Bertz CT molecular complexity index is 327. The minimum atomic E-state index is -2.43. The molecule has 0 aliphatic rings. The van der Waals surface area contributed by atoms with Gasteiger partial charge in [-0.05, 0) is 37.1 Å². The van der Waals surface area contributed by atoms with Crippen LogP contribution in [0.4, 0.5) is 8.78 Å². The largest absolute Gasteiger partial charge is 0.488 e. The van der Waals surface area contributed by atoms with E-state index in [1.165, 1.54) is 0 Å². The van der Waals surface area contributed by atoms with E-state index in [4.69, 9.17) is 4.74 Å². The first-order valence-electron chi connectivity index (χ1n) is 6.41. The Hall–Kier alpha value is -1.16. The van der Waals surface area contributed by atoms with Gasteiger partial charge < -0.3 is 10.1 Å². The van der Waals surface area contributed by atoms with Gasteiger partial charge in [0.1, 0.15) is 12.4 Å². The van der Waals surface area contributed by atoms with Crippen LogP contribution < -0.4 is 10.1 Å². The summed E-state index contributed by atoms with van der Waals surface area (Å²) in [7, 11) is 0. The van der Waals surface area contributed by atoms with Crippen LogP contribution in [0.5, 0.6) is 5.75 Å². The molecule has 4 heteroatoms. The molecule has 0 fully saturated rings. The lowest BCUT2D eigenvalue weighted by molar-refractivity contribution is 0.0819. The minimum absolute atomic E-state index is 0.314. The van der Waals surface area contributed by atoms with Gasteiger partial charge in [0.05, 0.1) is 0 Å². The van der Waals surface area contributed by atoms with Gasteiger partial charge in [-0.3, -0.25) is 0 Å². The lowest BCUT2D eigenvalue weighted by Gasteiger charge is -2.17. The predicted octanol–water partition coefficient (Wildman–Crippen LogP) is 3.78. The van der Waals surface area contributed by atoms with Crippen LogP contribution >= 0.6 is 0 Å². The number of alkyl halides is 2. The summed E-state index contributed by atoms with van der Waals surface area (Å²) in [6, 6.07) is 7.66. The lowest BCUT2D eigenvalue weighted by atomic mass is 10.0. The molecule has 0 saturated heterocycles. The SMILES string of the molecule is CCCNC(CC)c1ccc(OCC(F)F)cc1. The van der Waals surface area contributed by atoms with E-state index in [-0.39, 0.29) is 0 Å². The molecule has 2 nitrogen and oxygen atoms in total. The van der Waals surface area contributed by atoms with Crippen LogP contribution in [0.25, 0.3) is 0 Å². The maximum Gasteiger partial charge on any atom is 0.272 e.